The number of aryl methyl sites for hydroxylation is 1. The monoisotopic (exact) mass is 359 g/mol. The zero-order valence-corrected chi connectivity index (χ0v) is 15.8. The Balaban J connectivity index is 1.62. The summed E-state index contributed by atoms with van der Waals surface area (Å²) in [5, 5.41) is 2.91. The molecule has 6 heteroatoms. The van der Waals surface area contributed by atoms with E-state index in [1.807, 2.05) is 0 Å². The molecule has 2 heterocycles. The second-order valence-corrected chi connectivity index (χ2v) is 7.65. The zero-order chi connectivity index (χ0) is 18.7. The largest absolute Gasteiger partial charge is 0.363 e. The highest BCUT2D eigenvalue weighted by molar-refractivity contribution is 5.89. The molecule has 2 amide bonds. The van der Waals surface area contributed by atoms with Gasteiger partial charge in [0, 0.05) is 35.5 Å². The Kier molecular flexibility index (Phi) is 5.79. The van der Waals surface area contributed by atoms with Crippen molar-refractivity contribution >= 4 is 11.8 Å². The fourth-order valence-corrected chi connectivity index (χ4v) is 4.17. The van der Waals surface area contributed by atoms with E-state index in [-0.39, 0.29) is 35.7 Å². The first-order valence-corrected chi connectivity index (χ1v) is 9.75. The predicted molar refractivity (Wildman–Crippen MR) is 99.7 cm³/mol. The number of likely N-dealkylation sites (tertiary alicyclic amines) is 1. The second kappa shape index (κ2) is 8.06. The van der Waals surface area contributed by atoms with Gasteiger partial charge in [-0.25, -0.2) is 0 Å². The van der Waals surface area contributed by atoms with Crippen LogP contribution >= 0.6 is 0 Å². The fourth-order valence-electron chi connectivity index (χ4n) is 4.17. The Morgan fingerprint density at radius 2 is 1.88 bits per heavy atom. The van der Waals surface area contributed by atoms with Gasteiger partial charge in [-0.1, -0.05) is 19.3 Å². The maximum absolute atomic E-state index is 12.8. The van der Waals surface area contributed by atoms with Crippen LogP contribution in [0.15, 0.2) is 11.0 Å². The maximum atomic E-state index is 12.8. The van der Waals surface area contributed by atoms with E-state index in [9.17, 15) is 14.4 Å². The standard InChI is InChI=1S/C20H29N3O3/c1-13-11-21-16(14(2)18(13)24)12-22-19(25)17-9-6-10-23(17)20(26)15-7-4-3-5-8-15/h11,15,17H,3-10,12H2,1-2H3,(H,21,24)(H,22,25)/t17-/m1/s1. The number of H-pyrrole nitrogens is 1. The average molecular weight is 359 g/mol. The van der Waals surface area contributed by atoms with Crippen molar-refractivity contribution in [2.75, 3.05) is 6.54 Å². The van der Waals surface area contributed by atoms with Crippen LogP contribution in [0.3, 0.4) is 0 Å². The number of aromatic nitrogens is 1. The Hall–Kier alpha value is -2.11. The zero-order valence-electron chi connectivity index (χ0n) is 15.8. The molecule has 1 aliphatic carbocycles. The van der Waals surface area contributed by atoms with Gasteiger partial charge in [0.05, 0.1) is 6.54 Å². The van der Waals surface area contributed by atoms with Crippen molar-refractivity contribution in [3.05, 3.63) is 33.2 Å². The van der Waals surface area contributed by atoms with E-state index >= 15 is 0 Å². The summed E-state index contributed by atoms with van der Waals surface area (Å²) in [5.41, 5.74) is 2.02. The van der Waals surface area contributed by atoms with Gasteiger partial charge in [-0.15, -0.1) is 0 Å². The van der Waals surface area contributed by atoms with Crippen molar-refractivity contribution in [3.8, 4) is 0 Å². The lowest BCUT2D eigenvalue weighted by atomic mass is 9.88. The molecule has 3 rings (SSSR count). The molecule has 26 heavy (non-hydrogen) atoms. The topological polar surface area (TPSA) is 82.3 Å². The molecule has 2 fully saturated rings. The number of aromatic amines is 1. The molecule has 2 N–H and O–H groups in total. The van der Waals surface area contributed by atoms with Gasteiger partial charge in [-0.2, -0.15) is 0 Å². The van der Waals surface area contributed by atoms with Gasteiger partial charge in [-0.05, 0) is 39.5 Å². The first-order valence-electron chi connectivity index (χ1n) is 9.75. The van der Waals surface area contributed by atoms with Crippen molar-refractivity contribution < 1.29 is 9.59 Å². The molecule has 0 aromatic carbocycles. The lowest BCUT2D eigenvalue weighted by Gasteiger charge is -2.30. The van der Waals surface area contributed by atoms with Gasteiger partial charge < -0.3 is 15.2 Å². The highest BCUT2D eigenvalue weighted by Gasteiger charge is 2.37. The fraction of sp³-hybridized carbons (Fsp3) is 0.650. The van der Waals surface area contributed by atoms with Crippen molar-refractivity contribution in [1.82, 2.24) is 15.2 Å². The van der Waals surface area contributed by atoms with Gasteiger partial charge in [0.1, 0.15) is 6.04 Å². The molecule has 1 aromatic rings. The van der Waals surface area contributed by atoms with Crippen molar-refractivity contribution in [2.45, 2.75) is 71.4 Å². The lowest BCUT2D eigenvalue weighted by molar-refractivity contribution is -0.142. The van der Waals surface area contributed by atoms with E-state index in [1.165, 1.54) is 6.42 Å². The SMILES string of the molecule is Cc1c[nH]c(CNC(=O)[C@H]2CCCN2C(=O)C2CCCCC2)c(C)c1=O. The Morgan fingerprint density at radius 3 is 2.62 bits per heavy atom. The third-order valence-electron chi connectivity index (χ3n) is 5.85. The highest BCUT2D eigenvalue weighted by Crippen LogP contribution is 2.28. The summed E-state index contributed by atoms with van der Waals surface area (Å²) in [7, 11) is 0. The summed E-state index contributed by atoms with van der Waals surface area (Å²) < 4.78 is 0. The summed E-state index contributed by atoms with van der Waals surface area (Å²) in [6.07, 6.45) is 8.60. The van der Waals surface area contributed by atoms with E-state index < -0.39 is 0 Å². The van der Waals surface area contributed by atoms with E-state index in [1.54, 1.807) is 24.9 Å². The number of amides is 2. The number of nitrogens with zero attached hydrogens (tertiary/aromatic N) is 1. The maximum Gasteiger partial charge on any atom is 0.243 e. The molecule has 1 aliphatic heterocycles. The first kappa shape index (κ1) is 18.7. The van der Waals surface area contributed by atoms with E-state index in [0.29, 0.717) is 24.1 Å². The van der Waals surface area contributed by atoms with Crippen LogP contribution in [0.2, 0.25) is 0 Å². The molecule has 0 spiro atoms. The average Bonchev–Trinajstić information content (AvgIpc) is 3.15. The second-order valence-electron chi connectivity index (χ2n) is 7.65. The quantitative estimate of drug-likeness (QED) is 0.864. The smallest absolute Gasteiger partial charge is 0.243 e. The normalized spacial score (nSPS) is 21.0. The molecule has 0 bridgehead atoms. The van der Waals surface area contributed by atoms with Crippen LogP contribution in [0.1, 0.15) is 61.8 Å². The highest BCUT2D eigenvalue weighted by atomic mass is 16.2. The molecular weight excluding hydrogens is 330 g/mol. The Morgan fingerprint density at radius 1 is 1.15 bits per heavy atom. The van der Waals surface area contributed by atoms with Crippen LogP contribution in [0, 0.1) is 19.8 Å². The summed E-state index contributed by atoms with van der Waals surface area (Å²) >= 11 is 0. The van der Waals surface area contributed by atoms with Crippen LogP contribution in [0.5, 0.6) is 0 Å². The third kappa shape index (κ3) is 3.84. The van der Waals surface area contributed by atoms with Gasteiger partial charge >= 0.3 is 0 Å². The van der Waals surface area contributed by atoms with Gasteiger partial charge in [0.25, 0.3) is 0 Å². The molecular formula is C20H29N3O3. The van der Waals surface area contributed by atoms with Gasteiger partial charge in [0.2, 0.25) is 11.8 Å². The predicted octanol–water partition coefficient (Wildman–Crippen LogP) is 2.18. The Bertz CT molecular complexity index is 734. The number of hydrogen-bond donors (Lipinski definition) is 2. The molecule has 6 nitrogen and oxygen atoms in total. The van der Waals surface area contributed by atoms with Crippen LogP contribution in [-0.4, -0.2) is 34.3 Å². The van der Waals surface area contributed by atoms with Crippen molar-refractivity contribution in [1.29, 1.82) is 0 Å². The minimum Gasteiger partial charge on any atom is -0.363 e. The van der Waals surface area contributed by atoms with Crippen LogP contribution in [-0.2, 0) is 16.1 Å². The Labute approximate surface area is 154 Å². The molecule has 1 saturated heterocycles. The number of carbonyl (C=O) groups is 2. The van der Waals surface area contributed by atoms with Crippen LogP contribution in [0.4, 0.5) is 0 Å². The van der Waals surface area contributed by atoms with E-state index in [4.69, 9.17) is 0 Å². The number of hydrogen-bond acceptors (Lipinski definition) is 3. The van der Waals surface area contributed by atoms with Crippen LogP contribution in [0.25, 0.3) is 0 Å². The van der Waals surface area contributed by atoms with Gasteiger partial charge in [0.15, 0.2) is 5.43 Å². The summed E-state index contributed by atoms with van der Waals surface area (Å²) in [5.74, 6) is 0.127. The third-order valence-corrected chi connectivity index (χ3v) is 5.85. The minimum absolute atomic E-state index is 0.00275. The number of carbonyl (C=O) groups excluding carboxylic acids is 2. The van der Waals surface area contributed by atoms with Gasteiger partial charge in [-0.3, -0.25) is 14.4 Å². The molecule has 142 valence electrons. The molecule has 1 aromatic heterocycles. The van der Waals surface area contributed by atoms with E-state index in [2.05, 4.69) is 10.3 Å². The summed E-state index contributed by atoms with van der Waals surface area (Å²) in [4.78, 5) is 42.4. The molecule has 1 saturated carbocycles. The van der Waals surface area contributed by atoms with E-state index in [0.717, 1.165) is 37.8 Å². The first-order chi connectivity index (χ1) is 12.5. The summed E-state index contributed by atoms with van der Waals surface area (Å²) in [6, 6.07) is -0.373. The molecule has 1 atom stereocenters. The number of pyridine rings is 1. The molecule has 0 radical (unpaired) electrons. The van der Waals surface area contributed by atoms with Crippen molar-refractivity contribution in [2.24, 2.45) is 5.92 Å². The molecule has 0 unspecified atom stereocenters. The van der Waals surface area contributed by atoms with Crippen molar-refractivity contribution in [3.63, 3.8) is 0 Å². The lowest BCUT2D eigenvalue weighted by Crippen LogP contribution is -2.48. The molecule has 2 aliphatic rings. The summed E-state index contributed by atoms with van der Waals surface area (Å²) in [6.45, 7) is 4.49. The number of rotatable bonds is 4. The number of nitrogens with one attached hydrogen (secondary N) is 2. The van der Waals surface area contributed by atoms with Crippen LogP contribution < -0.4 is 10.7 Å². The minimum atomic E-state index is -0.373.